The Labute approximate surface area is 162 Å². The van der Waals surface area contributed by atoms with Crippen molar-refractivity contribution >= 4 is 29.5 Å². The second-order valence-corrected chi connectivity index (χ2v) is 10.5. The van der Waals surface area contributed by atoms with E-state index in [2.05, 4.69) is 23.5 Å². The third kappa shape index (κ3) is 3.35. The monoisotopic (exact) mass is 396 g/mol. The van der Waals surface area contributed by atoms with Gasteiger partial charge in [-0.15, -0.1) is 23.5 Å². The Kier molecular flexibility index (Phi) is 5.42. The minimum absolute atomic E-state index is 0.000760. The number of carbonyl (C=O) groups is 1. The summed E-state index contributed by atoms with van der Waals surface area (Å²) in [6, 6.07) is 4.69. The van der Waals surface area contributed by atoms with Crippen LogP contribution in [0.1, 0.15) is 37.7 Å². The second-order valence-electron chi connectivity index (χ2n) is 7.49. The molecule has 0 aromatic heterocycles. The van der Waals surface area contributed by atoms with Crippen LogP contribution in [-0.4, -0.2) is 28.7 Å². The van der Waals surface area contributed by atoms with E-state index in [1.807, 2.05) is 0 Å². The van der Waals surface area contributed by atoms with Crippen molar-refractivity contribution in [3.05, 3.63) is 29.6 Å². The molecule has 3 fully saturated rings. The topological polar surface area (TPSA) is 35.5 Å². The van der Waals surface area contributed by atoms with Crippen LogP contribution in [0.15, 0.2) is 18.2 Å². The summed E-state index contributed by atoms with van der Waals surface area (Å²) in [7, 11) is 1.44. The van der Waals surface area contributed by atoms with Crippen LogP contribution in [-0.2, 0) is 16.1 Å². The van der Waals surface area contributed by atoms with E-state index >= 15 is 0 Å². The molecule has 6 heteroatoms. The molecule has 1 spiro atoms. The van der Waals surface area contributed by atoms with E-state index in [4.69, 9.17) is 9.47 Å². The maximum atomic E-state index is 13.8. The Hall–Kier alpha value is -0.880. The molecule has 0 amide bonds. The molecule has 2 saturated carbocycles. The van der Waals surface area contributed by atoms with E-state index in [0.29, 0.717) is 21.5 Å². The maximum Gasteiger partial charge on any atom is 0.309 e. The van der Waals surface area contributed by atoms with Gasteiger partial charge in [-0.25, -0.2) is 4.39 Å². The van der Waals surface area contributed by atoms with Gasteiger partial charge in [-0.2, -0.15) is 0 Å². The van der Waals surface area contributed by atoms with Crippen LogP contribution in [0.2, 0.25) is 0 Å². The molecule has 1 heterocycles. The fraction of sp³-hybridized carbons (Fsp3) is 0.650. The molecule has 1 aromatic rings. The largest absolute Gasteiger partial charge is 0.494 e. The highest BCUT2D eigenvalue weighted by Crippen LogP contribution is 2.64. The van der Waals surface area contributed by atoms with Crippen LogP contribution in [0.25, 0.3) is 0 Å². The van der Waals surface area contributed by atoms with E-state index in [9.17, 15) is 9.18 Å². The highest BCUT2D eigenvalue weighted by atomic mass is 32.2. The summed E-state index contributed by atoms with van der Waals surface area (Å²) in [5.41, 5.74) is 0.658. The number of benzene rings is 1. The lowest BCUT2D eigenvalue weighted by molar-refractivity contribution is -0.152. The molecule has 4 rings (SSSR count). The van der Waals surface area contributed by atoms with Gasteiger partial charge in [0.15, 0.2) is 11.6 Å². The van der Waals surface area contributed by atoms with Crippen LogP contribution < -0.4 is 4.74 Å². The zero-order valence-electron chi connectivity index (χ0n) is 15.0. The number of hydrogen-bond donors (Lipinski definition) is 0. The van der Waals surface area contributed by atoms with Gasteiger partial charge in [-0.05, 0) is 55.2 Å². The molecule has 0 N–H and O–H groups in total. The molecule has 3 nitrogen and oxygen atoms in total. The molecule has 0 radical (unpaired) electrons. The van der Waals surface area contributed by atoms with E-state index in [0.717, 1.165) is 12.8 Å². The summed E-state index contributed by atoms with van der Waals surface area (Å²) in [6.07, 6.45) is 5.68. The van der Waals surface area contributed by atoms with E-state index in [-0.39, 0.29) is 24.2 Å². The molecule has 2 aliphatic carbocycles. The molecule has 1 aromatic carbocycles. The van der Waals surface area contributed by atoms with Gasteiger partial charge in [-0.1, -0.05) is 12.5 Å². The fourth-order valence-electron chi connectivity index (χ4n) is 4.87. The minimum Gasteiger partial charge on any atom is -0.494 e. The van der Waals surface area contributed by atoms with Gasteiger partial charge in [0.25, 0.3) is 0 Å². The maximum absolute atomic E-state index is 13.8. The zero-order chi connectivity index (χ0) is 18.1. The summed E-state index contributed by atoms with van der Waals surface area (Å²) in [4.78, 5) is 12.7. The summed E-state index contributed by atoms with van der Waals surface area (Å²) in [5, 5.41) is 0. The third-order valence-electron chi connectivity index (χ3n) is 6.05. The number of thioether (sulfide) groups is 2. The highest BCUT2D eigenvalue weighted by molar-refractivity contribution is 8.21. The summed E-state index contributed by atoms with van der Waals surface area (Å²) >= 11 is 4.29. The molecule has 2 bridgehead atoms. The van der Waals surface area contributed by atoms with Crippen molar-refractivity contribution in [2.75, 3.05) is 18.6 Å². The molecule has 1 saturated heterocycles. The smallest absolute Gasteiger partial charge is 0.309 e. The molecular formula is C20H25FO3S2. The number of hydrogen-bond acceptors (Lipinski definition) is 5. The van der Waals surface area contributed by atoms with Crippen molar-refractivity contribution in [1.29, 1.82) is 0 Å². The molecular weight excluding hydrogens is 371 g/mol. The molecule has 142 valence electrons. The Balaban J connectivity index is 1.38. The first-order valence-corrected chi connectivity index (χ1v) is 11.4. The first kappa shape index (κ1) is 18.5. The average molecular weight is 397 g/mol. The summed E-state index contributed by atoms with van der Waals surface area (Å²) in [6.45, 7) is 0.125. The van der Waals surface area contributed by atoms with Crippen molar-refractivity contribution in [2.45, 2.75) is 42.8 Å². The van der Waals surface area contributed by atoms with E-state index in [1.54, 1.807) is 12.1 Å². The van der Waals surface area contributed by atoms with Crippen molar-refractivity contribution < 1.29 is 18.7 Å². The Morgan fingerprint density at radius 3 is 2.54 bits per heavy atom. The van der Waals surface area contributed by atoms with Gasteiger partial charge >= 0.3 is 5.97 Å². The predicted octanol–water partition coefficient (Wildman–Crippen LogP) is 4.88. The van der Waals surface area contributed by atoms with Crippen LogP contribution in [0.5, 0.6) is 5.75 Å². The SMILES string of the molecule is COc1ccc(COC(=O)C2C[C@H]3CCC[C@H](C2)C32SCCS2)cc1F. The summed E-state index contributed by atoms with van der Waals surface area (Å²) in [5.74, 6) is 3.42. The Bertz CT molecular complexity index is 659. The third-order valence-corrected chi connectivity index (χ3v) is 10.1. The molecule has 3 aliphatic rings. The first-order chi connectivity index (χ1) is 12.6. The average Bonchev–Trinajstić information content (AvgIpc) is 3.09. The summed E-state index contributed by atoms with van der Waals surface area (Å²) < 4.78 is 24.6. The van der Waals surface area contributed by atoms with Gasteiger partial charge in [0.05, 0.1) is 17.1 Å². The Morgan fingerprint density at radius 1 is 1.23 bits per heavy atom. The van der Waals surface area contributed by atoms with Crippen LogP contribution in [0.3, 0.4) is 0 Å². The zero-order valence-corrected chi connectivity index (χ0v) is 16.7. The van der Waals surface area contributed by atoms with E-state index in [1.165, 1.54) is 43.9 Å². The van der Waals surface area contributed by atoms with Gasteiger partial charge in [0.2, 0.25) is 0 Å². The number of ether oxygens (including phenoxy) is 2. The number of halogens is 1. The van der Waals surface area contributed by atoms with Crippen LogP contribution >= 0.6 is 23.5 Å². The van der Waals surface area contributed by atoms with Gasteiger partial charge in [0.1, 0.15) is 6.61 Å². The fourth-order valence-corrected chi connectivity index (χ4v) is 8.81. The van der Waals surface area contributed by atoms with Crippen molar-refractivity contribution in [2.24, 2.45) is 17.8 Å². The number of esters is 1. The van der Waals surface area contributed by atoms with Crippen molar-refractivity contribution in [3.8, 4) is 5.75 Å². The van der Waals surface area contributed by atoms with E-state index < -0.39 is 5.82 Å². The minimum atomic E-state index is -0.425. The number of methoxy groups -OCH3 is 1. The van der Waals surface area contributed by atoms with Gasteiger partial charge in [-0.3, -0.25) is 4.79 Å². The molecule has 26 heavy (non-hydrogen) atoms. The normalized spacial score (nSPS) is 29.5. The number of carbonyl (C=O) groups excluding carboxylic acids is 1. The quantitative estimate of drug-likeness (QED) is 0.678. The van der Waals surface area contributed by atoms with Gasteiger partial charge in [0, 0.05) is 11.5 Å². The lowest BCUT2D eigenvalue weighted by Gasteiger charge is -2.51. The van der Waals surface area contributed by atoms with Crippen LogP contribution in [0, 0.1) is 23.6 Å². The first-order valence-electron chi connectivity index (χ1n) is 9.39. The molecule has 2 atom stereocenters. The Morgan fingerprint density at radius 2 is 1.92 bits per heavy atom. The van der Waals surface area contributed by atoms with Crippen LogP contribution in [0.4, 0.5) is 4.39 Å². The predicted molar refractivity (Wildman–Crippen MR) is 104 cm³/mol. The van der Waals surface area contributed by atoms with Crippen molar-refractivity contribution in [1.82, 2.24) is 0 Å². The number of rotatable bonds is 4. The molecule has 0 unspecified atom stereocenters. The molecule has 1 aliphatic heterocycles. The second kappa shape index (κ2) is 7.63. The standard InChI is InChI=1S/C20H25FO3S2/c1-23-18-6-5-13(9-17(18)21)12-24-19(22)14-10-15-3-2-4-16(11-14)20(15)25-7-8-26-20/h5-6,9,14-16H,2-4,7-8,10-12H2,1H3/t15-,16-/m1/s1. The highest BCUT2D eigenvalue weighted by Gasteiger charge is 2.55. The lowest BCUT2D eigenvalue weighted by Crippen LogP contribution is -2.48. The van der Waals surface area contributed by atoms with Gasteiger partial charge < -0.3 is 9.47 Å². The van der Waals surface area contributed by atoms with Crippen molar-refractivity contribution in [3.63, 3.8) is 0 Å². The lowest BCUT2D eigenvalue weighted by atomic mass is 9.67.